The zero-order valence-electron chi connectivity index (χ0n) is 9.52. The highest BCUT2D eigenvalue weighted by molar-refractivity contribution is 5.77. The third-order valence-electron chi connectivity index (χ3n) is 3.02. The third-order valence-corrected chi connectivity index (χ3v) is 3.02. The molecule has 1 aromatic carbocycles. The molecule has 1 saturated heterocycles. The Kier molecular flexibility index (Phi) is 3.02. The zero-order valence-corrected chi connectivity index (χ0v) is 9.52. The molecule has 1 fully saturated rings. The van der Waals surface area contributed by atoms with Gasteiger partial charge in [0.2, 0.25) is 0 Å². The summed E-state index contributed by atoms with van der Waals surface area (Å²) in [7, 11) is 1.79. The maximum Gasteiger partial charge on any atom is 0.316 e. The summed E-state index contributed by atoms with van der Waals surface area (Å²) in [5.41, 5.74) is -0.0396. The summed E-state index contributed by atoms with van der Waals surface area (Å²) in [6.07, 6.45) is 0. The zero-order chi connectivity index (χ0) is 12.5. The summed E-state index contributed by atoms with van der Waals surface area (Å²) >= 11 is 0. The van der Waals surface area contributed by atoms with Crippen molar-refractivity contribution in [1.82, 2.24) is 0 Å². The highest BCUT2D eigenvalue weighted by Crippen LogP contribution is 2.30. The van der Waals surface area contributed by atoms with E-state index in [2.05, 4.69) is 0 Å². The molecule has 1 heterocycles. The molecule has 0 unspecified atom stereocenters. The fraction of sp³-hybridized carbons (Fsp3) is 0.417. The number of aliphatic carboxylic acids is 1. The quantitative estimate of drug-likeness (QED) is 0.862. The summed E-state index contributed by atoms with van der Waals surface area (Å²) in [5.74, 6) is -1.15. The van der Waals surface area contributed by atoms with E-state index < -0.39 is 11.4 Å². The van der Waals surface area contributed by atoms with Crippen LogP contribution in [0.1, 0.15) is 0 Å². The van der Waals surface area contributed by atoms with Crippen LogP contribution in [-0.2, 0) is 9.53 Å². The van der Waals surface area contributed by atoms with E-state index in [0.717, 1.165) is 5.69 Å². The molecular weight excluding hydrogens is 225 g/mol. The van der Waals surface area contributed by atoms with Gasteiger partial charge in [-0.2, -0.15) is 0 Å². The second-order valence-corrected chi connectivity index (χ2v) is 4.41. The van der Waals surface area contributed by atoms with Crippen LogP contribution in [0.5, 0.6) is 0 Å². The molecular formula is C12H14FNO3. The number of carboxylic acids is 1. The van der Waals surface area contributed by atoms with Gasteiger partial charge in [0.1, 0.15) is 11.2 Å². The van der Waals surface area contributed by atoms with Gasteiger partial charge in [-0.15, -0.1) is 0 Å². The lowest BCUT2D eigenvalue weighted by atomic mass is 9.85. The number of halogens is 1. The third kappa shape index (κ3) is 2.24. The molecule has 0 radical (unpaired) electrons. The molecule has 5 heteroatoms. The molecule has 0 aliphatic carbocycles. The molecule has 0 spiro atoms. The standard InChI is InChI=1S/C12H14FNO3/c1-14(10-4-2-9(13)3-5-10)6-12(11(15)16)7-17-8-12/h2-5H,6-8H2,1H3,(H,15,16). The van der Waals surface area contributed by atoms with Gasteiger partial charge >= 0.3 is 5.97 Å². The van der Waals surface area contributed by atoms with Gasteiger partial charge in [0.25, 0.3) is 0 Å². The van der Waals surface area contributed by atoms with Crippen molar-refractivity contribution in [3.63, 3.8) is 0 Å². The van der Waals surface area contributed by atoms with Crippen LogP contribution < -0.4 is 4.90 Å². The number of anilines is 1. The molecule has 4 nitrogen and oxygen atoms in total. The van der Waals surface area contributed by atoms with Crippen LogP contribution in [0.2, 0.25) is 0 Å². The topological polar surface area (TPSA) is 49.8 Å². The number of ether oxygens (including phenoxy) is 1. The van der Waals surface area contributed by atoms with E-state index >= 15 is 0 Å². The highest BCUT2D eigenvalue weighted by Gasteiger charge is 2.47. The van der Waals surface area contributed by atoms with Crippen LogP contribution in [0.4, 0.5) is 10.1 Å². The van der Waals surface area contributed by atoms with Gasteiger partial charge in [0.15, 0.2) is 0 Å². The monoisotopic (exact) mass is 239 g/mol. The highest BCUT2D eigenvalue weighted by atomic mass is 19.1. The van der Waals surface area contributed by atoms with Gasteiger partial charge in [-0.1, -0.05) is 0 Å². The molecule has 1 aliphatic rings. The molecule has 2 rings (SSSR count). The predicted molar refractivity (Wildman–Crippen MR) is 60.6 cm³/mol. The summed E-state index contributed by atoms with van der Waals surface area (Å²) in [6.45, 7) is 0.815. The number of hydrogen-bond acceptors (Lipinski definition) is 3. The Labute approximate surface area is 98.6 Å². The van der Waals surface area contributed by atoms with Crippen LogP contribution in [0, 0.1) is 11.2 Å². The van der Waals surface area contributed by atoms with E-state index in [1.807, 2.05) is 0 Å². The molecule has 0 amide bonds. The molecule has 1 aliphatic heterocycles. The minimum atomic E-state index is -0.849. The Hall–Kier alpha value is -1.62. The number of benzene rings is 1. The number of rotatable bonds is 4. The second-order valence-electron chi connectivity index (χ2n) is 4.41. The van der Waals surface area contributed by atoms with E-state index in [9.17, 15) is 9.18 Å². The predicted octanol–water partition coefficient (Wildman–Crippen LogP) is 1.36. The SMILES string of the molecule is CN(CC1(C(=O)O)COC1)c1ccc(F)cc1. The Morgan fingerprint density at radius 1 is 1.47 bits per heavy atom. The minimum absolute atomic E-state index is 0.230. The van der Waals surface area contributed by atoms with Gasteiger partial charge in [0, 0.05) is 19.3 Å². The van der Waals surface area contributed by atoms with Gasteiger partial charge in [-0.25, -0.2) is 4.39 Å². The van der Waals surface area contributed by atoms with E-state index in [4.69, 9.17) is 9.84 Å². The van der Waals surface area contributed by atoms with E-state index in [-0.39, 0.29) is 19.0 Å². The minimum Gasteiger partial charge on any atom is -0.481 e. The van der Waals surface area contributed by atoms with Crippen molar-refractivity contribution >= 4 is 11.7 Å². The van der Waals surface area contributed by atoms with Gasteiger partial charge in [-0.3, -0.25) is 4.79 Å². The number of hydrogen-bond donors (Lipinski definition) is 1. The Balaban J connectivity index is 2.08. The Morgan fingerprint density at radius 3 is 2.47 bits per heavy atom. The first-order valence-corrected chi connectivity index (χ1v) is 5.31. The van der Waals surface area contributed by atoms with E-state index in [1.165, 1.54) is 12.1 Å². The average Bonchev–Trinajstić information content (AvgIpc) is 2.23. The Bertz CT molecular complexity index is 414. The first-order chi connectivity index (χ1) is 8.03. The first-order valence-electron chi connectivity index (χ1n) is 5.31. The van der Waals surface area contributed by atoms with Crippen LogP contribution in [0.25, 0.3) is 0 Å². The fourth-order valence-corrected chi connectivity index (χ4v) is 1.87. The lowest BCUT2D eigenvalue weighted by Crippen LogP contribution is -2.55. The van der Waals surface area contributed by atoms with Crippen molar-refractivity contribution in [2.75, 3.05) is 31.7 Å². The van der Waals surface area contributed by atoms with Crippen LogP contribution in [-0.4, -0.2) is 37.9 Å². The molecule has 0 bridgehead atoms. The fourth-order valence-electron chi connectivity index (χ4n) is 1.87. The maximum atomic E-state index is 12.8. The molecule has 0 saturated carbocycles. The van der Waals surface area contributed by atoms with Gasteiger partial charge < -0.3 is 14.7 Å². The molecule has 1 aromatic rings. The lowest BCUT2D eigenvalue weighted by Gasteiger charge is -2.40. The normalized spacial score (nSPS) is 17.3. The van der Waals surface area contributed by atoms with Crippen molar-refractivity contribution in [2.45, 2.75) is 0 Å². The molecule has 1 N–H and O–H groups in total. The average molecular weight is 239 g/mol. The van der Waals surface area contributed by atoms with Crippen molar-refractivity contribution in [3.05, 3.63) is 30.1 Å². The summed E-state index contributed by atoms with van der Waals surface area (Å²) in [5, 5.41) is 9.16. The summed E-state index contributed by atoms with van der Waals surface area (Å²) in [6, 6.07) is 5.97. The van der Waals surface area contributed by atoms with Crippen LogP contribution in [0.15, 0.2) is 24.3 Å². The number of nitrogens with zero attached hydrogens (tertiary/aromatic N) is 1. The van der Waals surface area contributed by atoms with Crippen molar-refractivity contribution < 1.29 is 19.0 Å². The Morgan fingerprint density at radius 2 is 2.06 bits per heavy atom. The molecule has 0 aromatic heterocycles. The van der Waals surface area contributed by atoms with Crippen molar-refractivity contribution in [1.29, 1.82) is 0 Å². The van der Waals surface area contributed by atoms with Crippen LogP contribution in [0.3, 0.4) is 0 Å². The smallest absolute Gasteiger partial charge is 0.316 e. The molecule has 0 atom stereocenters. The van der Waals surface area contributed by atoms with E-state index in [1.54, 1.807) is 24.1 Å². The summed E-state index contributed by atoms with van der Waals surface area (Å²) < 4.78 is 17.7. The van der Waals surface area contributed by atoms with E-state index in [0.29, 0.717) is 6.54 Å². The number of carbonyl (C=O) groups is 1. The molecule has 92 valence electrons. The van der Waals surface area contributed by atoms with Crippen molar-refractivity contribution in [2.24, 2.45) is 5.41 Å². The maximum absolute atomic E-state index is 12.8. The number of carboxylic acid groups (broad SMARTS) is 1. The van der Waals surface area contributed by atoms with Gasteiger partial charge in [0.05, 0.1) is 13.2 Å². The second kappa shape index (κ2) is 4.33. The van der Waals surface area contributed by atoms with Crippen LogP contribution >= 0.6 is 0 Å². The summed E-state index contributed by atoms with van der Waals surface area (Å²) in [4.78, 5) is 13.0. The van der Waals surface area contributed by atoms with Gasteiger partial charge in [-0.05, 0) is 24.3 Å². The van der Waals surface area contributed by atoms with Crippen molar-refractivity contribution in [3.8, 4) is 0 Å². The lowest BCUT2D eigenvalue weighted by molar-refractivity contribution is -0.177. The first kappa shape index (κ1) is 11.9. The largest absolute Gasteiger partial charge is 0.481 e. The molecule has 17 heavy (non-hydrogen) atoms.